The number of hydrogen-bond acceptors (Lipinski definition) is 4. The van der Waals surface area contributed by atoms with Gasteiger partial charge >= 0.3 is 0 Å². The van der Waals surface area contributed by atoms with E-state index in [4.69, 9.17) is 0 Å². The van der Waals surface area contributed by atoms with Crippen LogP contribution in [-0.2, 0) is 4.79 Å². The lowest BCUT2D eigenvalue weighted by atomic mass is 9.82. The van der Waals surface area contributed by atoms with Gasteiger partial charge in [0.1, 0.15) is 6.04 Å². The maximum atomic E-state index is 13.9. The van der Waals surface area contributed by atoms with Crippen molar-refractivity contribution in [1.29, 1.82) is 10.5 Å². The third-order valence-electron chi connectivity index (χ3n) is 6.34. The van der Waals surface area contributed by atoms with Gasteiger partial charge in [0.05, 0.1) is 30.0 Å². The number of nitrogens with zero attached hydrogens (tertiary/aromatic N) is 4. The van der Waals surface area contributed by atoms with E-state index in [1.165, 1.54) is 0 Å². The zero-order valence-electron chi connectivity index (χ0n) is 17.8. The van der Waals surface area contributed by atoms with Gasteiger partial charge in [-0.3, -0.25) is 4.79 Å². The molecule has 2 aliphatic heterocycles. The van der Waals surface area contributed by atoms with Crippen molar-refractivity contribution >= 4 is 11.6 Å². The summed E-state index contributed by atoms with van der Waals surface area (Å²) in [4.78, 5) is 17.8. The fraction of sp³-hybridized carbons (Fsp3) is 0.400. The fourth-order valence-electron chi connectivity index (χ4n) is 5.31. The lowest BCUT2D eigenvalue weighted by molar-refractivity contribution is -0.136. The summed E-state index contributed by atoms with van der Waals surface area (Å²) in [5.74, 6) is -1.37. The summed E-state index contributed by atoms with van der Waals surface area (Å²) in [5.41, 5.74) is 4.05. The zero-order valence-corrected chi connectivity index (χ0v) is 17.8. The molecule has 0 saturated carbocycles. The van der Waals surface area contributed by atoms with Crippen LogP contribution in [0.15, 0.2) is 48.5 Å². The topological polar surface area (TPSA) is 71.1 Å². The lowest BCUT2D eigenvalue weighted by Crippen LogP contribution is -2.53. The smallest absolute Gasteiger partial charge is 0.247 e. The Labute approximate surface area is 178 Å². The van der Waals surface area contributed by atoms with Crippen LogP contribution in [0.5, 0.6) is 0 Å². The van der Waals surface area contributed by atoms with Gasteiger partial charge in [-0.15, -0.1) is 0 Å². The summed E-state index contributed by atoms with van der Waals surface area (Å²) in [6.07, 6.45) is 0. The first kappa shape index (κ1) is 20.0. The van der Waals surface area contributed by atoms with Crippen LogP contribution in [0.1, 0.15) is 39.3 Å². The van der Waals surface area contributed by atoms with Gasteiger partial charge in [0.25, 0.3) is 0 Å². The van der Waals surface area contributed by atoms with Gasteiger partial charge in [-0.25, -0.2) is 0 Å². The highest BCUT2D eigenvalue weighted by Gasteiger charge is 2.56. The molecule has 0 spiro atoms. The SMILES string of the molecule is CC(C)N(C(=O)[C@H]1[C@@H](C#N)[C@H](C#N)[C@H]2c3ccccc3-c3ccccc3N21)C(C)C. The van der Waals surface area contributed by atoms with Crippen molar-refractivity contribution in [1.82, 2.24) is 4.90 Å². The van der Waals surface area contributed by atoms with Gasteiger partial charge in [-0.05, 0) is 44.9 Å². The summed E-state index contributed by atoms with van der Waals surface area (Å²) in [6.45, 7) is 7.97. The molecule has 1 saturated heterocycles. The lowest BCUT2D eigenvalue weighted by Gasteiger charge is -2.41. The van der Waals surface area contributed by atoms with E-state index in [0.717, 1.165) is 22.4 Å². The average molecular weight is 399 g/mol. The highest BCUT2D eigenvalue weighted by Crippen LogP contribution is 2.55. The Morgan fingerprint density at radius 1 is 0.900 bits per heavy atom. The minimum Gasteiger partial charge on any atom is -0.349 e. The number of amides is 1. The van der Waals surface area contributed by atoms with Gasteiger partial charge in [0, 0.05) is 23.3 Å². The van der Waals surface area contributed by atoms with E-state index in [2.05, 4.69) is 29.2 Å². The first-order valence-corrected chi connectivity index (χ1v) is 10.5. The molecule has 2 aliphatic rings. The molecule has 152 valence electrons. The van der Waals surface area contributed by atoms with E-state index in [0.29, 0.717) is 0 Å². The Bertz CT molecular complexity index is 1050. The Hall–Kier alpha value is -3.31. The van der Waals surface area contributed by atoms with Crippen molar-refractivity contribution < 1.29 is 4.79 Å². The monoisotopic (exact) mass is 398 g/mol. The highest BCUT2D eigenvalue weighted by atomic mass is 16.2. The molecule has 0 aliphatic carbocycles. The maximum absolute atomic E-state index is 13.9. The number of carbonyl (C=O) groups is 1. The standard InChI is InChI=1S/C25H26N4O/c1-15(2)28(16(3)4)25(30)24-21(14-27)20(13-26)23-19-11-6-5-9-17(19)18-10-7-8-12-22(18)29(23)24/h5-12,15-16,20-21,23-24H,1-4H3/t20-,21-,23+,24+/m0/s1. The third-order valence-corrected chi connectivity index (χ3v) is 6.34. The molecule has 4 atom stereocenters. The molecule has 2 heterocycles. The second-order valence-electron chi connectivity index (χ2n) is 8.64. The Kier molecular flexibility index (Phi) is 5.00. The average Bonchev–Trinajstić information content (AvgIpc) is 3.08. The van der Waals surface area contributed by atoms with Crippen molar-refractivity contribution in [3.8, 4) is 23.3 Å². The van der Waals surface area contributed by atoms with Crippen LogP contribution in [0.2, 0.25) is 0 Å². The Morgan fingerprint density at radius 3 is 2.07 bits per heavy atom. The molecular weight excluding hydrogens is 372 g/mol. The molecule has 0 unspecified atom stereocenters. The number of hydrogen-bond donors (Lipinski definition) is 0. The van der Waals surface area contributed by atoms with Crippen molar-refractivity contribution in [2.75, 3.05) is 4.90 Å². The number of nitriles is 2. The van der Waals surface area contributed by atoms with Crippen molar-refractivity contribution in [2.24, 2.45) is 11.8 Å². The summed E-state index contributed by atoms with van der Waals surface area (Å²) >= 11 is 0. The molecule has 5 heteroatoms. The van der Waals surface area contributed by atoms with Gasteiger partial charge in [-0.1, -0.05) is 42.5 Å². The number of benzene rings is 2. The Morgan fingerprint density at radius 2 is 1.47 bits per heavy atom. The third kappa shape index (κ3) is 2.77. The zero-order chi connectivity index (χ0) is 21.6. The van der Waals surface area contributed by atoms with Crippen LogP contribution in [0.4, 0.5) is 5.69 Å². The van der Waals surface area contributed by atoms with Gasteiger partial charge in [0.2, 0.25) is 5.91 Å². The van der Waals surface area contributed by atoms with Gasteiger partial charge in [0.15, 0.2) is 0 Å². The number of anilines is 1. The molecule has 0 radical (unpaired) electrons. The first-order chi connectivity index (χ1) is 14.4. The minimum atomic E-state index is -0.702. The quantitative estimate of drug-likeness (QED) is 0.762. The number of rotatable bonds is 3. The molecule has 2 aromatic rings. The number of fused-ring (bicyclic) bond motifs is 6. The largest absolute Gasteiger partial charge is 0.349 e. The normalized spacial score (nSPS) is 23.9. The molecule has 5 nitrogen and oxygen atoms in total. The number of para-hydroxylation sites is 1. The van der Waals surface area contributed by atoms with Gasteiger partial charge in [-0.2, -0.15) is 10.5 Å². The van der Waals surface area contributed by atoms with E-state index >= 15 is 0 Å². The molecule has 4 rings (SSSR count). The molecule has 0 N–H and O–H groups in total. The van der Waals surface area contributed by atoms with Crippen LogP contribution in [0, 0.1) is 34.5 Å². The second-order valence-corrected chi connectivity index (χ2v) is 8.64. The van der Waals surface area contributed by atoms with Crippen LogP contribution in [-0.4, -0.2) is 28.9 Å². The summed E-state index contributed by atoms with van der Waals surface area (Å²) < 4.78 is 0. The van der Waals surface area contributed by atoms with Crippen LogP contribution in [0.25, 0.3) is 11.1 Å². The maximum Gasteiger partial charge on any atom is 0.247 e. The molecule has 2 aromatic carbocycles. The molecule has 1 fully saturated rings. The fourth-order valence-corrected chi connectivity index (χ4v) is 5.31. The number of carbonyl (C=O) groups excluding carboxylic acids is 1. The van der Waals surface area contributed by atoms with Crippen LogP contribution >= 0.6 is 0 Å². The van der Waals surface area contributed by atoms with E-state index in [9.17, 15) is 15.3 Å². The summed E-state index contributed by atoms with van der Waals surface area (Å²) in [5, 5.41) is 20.2. The highest BCUT2D eigenvalue weighted by molar-refractivity contribution is 5.93. The van der Waals surface area contributed by atoms with E-state index in [-0.39, 0.29) is 24.0 Å². The molecule has 30 heavy (non-hydrogen) atoms. The second kappa shape index (κ2) is 7.50. The van der Waals surface area contributed by atoms with Crippen molar-refractivity contribution in [3.63, 3.8) is 0 Å². The summed E-state index contributed by atoms with van der Waals surface area (Å²) in [7, 11) is 0. The Balaban J connectivity index is 1.95. The van der Waals surface area contributed by atoms with Crippen LogP contribution in [0.3, 0.4) is 0 Å². The van der Waals surface area contributed by atoms with E-state index in [1.807, 2.05) is 69.0 Å². The predicted octanol–water partition coefficient (Wildman–Crippen LogP) is 4.52. The minimum absolute atomic E-state index is 0.00347. The van der Waals surface area contributed by atoms with Crippen molar-refractivity contribution in [3.05, 3.63) is 54.1 Å². The first-order valence-electron chi connectivity index (χ1n) is 10.5. The van der Waals surface area contributed by atoms with E-state index < -0.39 is 17.9 Å². The van der Waals surface area contributed by atoms with Crippen molar-refractivity contribution in [2.45, 2.75) is 51.9 Å². The van der Waals surface area contributed by atoms with Gasteiger partial charge < -0.3 is 9.80 Å². The predicted molar refractivity (Wildman–Crippen MR) is 116 cm³/mol. The molecule has 0 aromatic heterocycles. The molecule has 0 bridgehead atoms. The molecule has 1 amide bonds. The molecular formula is C25H26N4O. The van der Waals surface area contributed by atoms with Crippen LogP contribution < -0.4 is 4.90 Å². The summed E-state index contributed by atoms with van der Waals surface area (Å²) in [6, 6.07) is 19.7. The van der Waals surface area contributed by atoms with E-state index in [1.54, 1.807) is 0 Å².